The highest BCUT2D eigenvalue weighted by atomic mass is 16.5. The number of allylic oxidation sites excluding steroid dienone is 4. The van der Waals surface area contributed by atoms with Crippen molar-refractivity contribution in [2.75, 3.05) is 33.0 Å². The van der Waals surface area contributed by atoms with E-state index in [0.29, 0.717) is 55.8 Å². The maximum absolute atomic E-state index is 12.1. The minimum Gasteiger partial charge on any atom is -0.493 e. The second kappa shape index (κ2) is 23.5. The van der Waals surface area contributed by atoms with Gasteiger partial charge in [-0.3, -0.25) is 0 Å². The first kappa shape index (κ1) is 45.0. The Bertz CT molecular complexity index is 1810. The van der Waals surface area contributed by atoms with Gasteiger partial charge in [0.2, 0.25) is 0 Å². The maximum atomic E-state index is 12.1. The number of benzene rings is 3. The van der Waals surface area contributed by atoms with Gasteiger partial charge in [-0.15, -0.1) is 0 Å². The molecule has 0 saturated carbocycles. The van der Waals surface area contributed by atoms with Crippen molar-refractivity contribution in [2.45, 2.75) is 104 Å². The van der Waals surface area contributed by atoms with Crippen molar-refractivity contribution in [3.63, 3.8) is 0 Å². The van der Waals surface area contributed by atoms with Crippen molar-refractivity contribution in [1.29, 1.82) is 0 Å². The van der Waals surface area contributed by atoms with E-state index in [-0.39, 0.29) is 32.3 Å². The van der Waals surface area contributed by atoms with Crippen molar-refractivity contribution in [3.05, 3.63) is 131 Å². The van der Waals surface area contributed by atoms with Crippen LogP contribution in [0.4, 0.5) is 0 Å². The van der Waals surface area contributed by atoms with E-state index in [4.69, 9.17) is 14.2 Å². The lowest BCUT2D eigenvalue weighted by Gasteiger charge is -2.21. The van der Waals surface area contributed by atoms with E-state index < -0.39 is 11.9 Å². The molecule has 0 radical (unpaired) electrons. The molecule has 3 aromatic carbocycles. The number of rotatable bonds is 24. The standard InChI is InChI=1S/C50H64O7/c1-7-9-10-13-37-16-18-40(19-17-37)41-20-22-42(23-21-41)47-25-24-43(30-39(47)8-2)46-31-44(14-11-27-56-49(53)35(3)4)48(55-29-26-38(33-51)34-52)45(32-46)15-12-28-57-50(54)36(5)6/h16-20,22-25,30-32,38,41,51-52H,3,5,7-15,21,26-29,33-34H2,1-2,4,6H3. The third-order valence-electron chi connectivity index (χ3n) is 10.6. The van der Waals surface area contributed by atoms with Crippen LogP contribution < -0.4 is 4.74 Å². The predicted octanol–water partition coefficient (Wildman–Crippen LogP) is 10.2. The predicted molar refractivity (Wildman–Crippen MR) is 231 cm³/mol. The van der Waals surface area contributed by atoms with Gasteiger partial charge in [0.05, 0.1) is 19.8 Å². The highest BCUT2D eigenvalue weighted by molar-refractivity contribution is 5.87. The molecular formula is C50H64O7. The van der Waals surface area contributed by atoms with Crippen LogP contribution in [-0.2, 0) is 44.7 Å². The second-order valence-electron chi connectivity index (χ2n) is 15.3. The quantitative estimate of drug-likeness (QED) is 0.0531. The molecule has 0 bridgehead atoms. The van der Waals surface area contributed by atoms with Crippen LogP contribution in [0, 0.1) is 5.92 Å². The molecule has 2 N–H and O–H groups in total. The molecule has 0 spiro atoms. The van der Waals surface area contributed by atoms with E-state index in [1.165, 1.54) is 47.1 Å². The number of carbonyl (C=O) groups is 2. The Morgan fingerprint density at radius 3 is 1.89 bits per heavy atom. The van der Waals surface area contributed by atoms with Crippen LogP contribution in [0.15, 0.2) is 97.1 Å². The molecule has 7 heteroatoms. The van der Waals surface area contributed by atoms with Crippen LogP contribution in [-0.4, -0.2) is 55.2 Å². The first-order valence-electron chi connectivity index (χ1n) is 20.8. The molecule has 1 unspecified atom stereocenters. The van der Waals surface area contributed by atoms with Gasteiger partial charge in [0.15, 0.2) is 0 Å². The summed E-state index contributed by atoms with van der Waals surface area (Å²) in [5.74, 6) is -0.0103. The molecule has 0 aliphatic heterocycles. The molecule has 1 aliphatic rings. The zero-order valence-electron chi connectivity index (χ0n) is 34.7. The largest absolute Gasteiger partial charge is 0.493 e. The molecule has 0 aromatic heterocycles. The molecule has 306 valence electrons. The number of unbranched alkanes of at least 4 members (excludes halogenated alkanes) is 2. The van der Waals surface area contributed by atoms with Gasteiger partial charge in [-0.25, -0.2) is 9.59 Å². The summed E-state index contributed by atoms with van der Waals surface area (Å²) in [4.78, 5) is 24.2. The first-order chi connectivity index (χ1) is 27.6. The molecule has 1 aliphatic carbocycles. The molecular weight excluding hydrogens is 713 g/mol. The molecule has 0 fully saturated rings. The van der Waals surface area contributed by atoms with E-state index in [1.54, 1.807) is 13.8 Å². The SMILES string of the molecule is C=C(C)C(=O)OCCCc1cc(-c2ccc(C3=CCC(c4ccc(CCCCC)cc4)C=C3)c(CC)c2)cc(CCCOC(=O)C(=C)C)c1OCCC(CO)CO. The van der Waals surface area contributed by atoms with Gasteiger partial charge in [0.25, 0.3) is 0 Å². The molecule has 3 aromatic rings. The fraction of sp³-hybridized carbons (Fsp3) is 0.440. The fourth-order valence-corrected chi connectivity index (χ4v) is 7.07. The summed E-state index contributed by atoms with van der Waals surface area (Å²) >= 11 is 0. The van der Waals surface area contributed by atoms with Crippen LogP contribution >= 0.6 is 0 Å². The Balaban J connectivity index is 1.62. The highest BCUT2D eigenvalue weighted by Gasteiger charge is 2.19. The van der Waals surface area contributed by atoms with E-state index in [0.717, 1.165) is 47.3 Å². The van der Waals surface area contributed by atoms with Crippen LogP contribution in [0.1, 0.15) is 112 Å². The Hall–Kier alpha value is -4.72. The summed E-state index contributed by atoms with van der Waals surface area (Å²) in [5.41, 5.74) is 11.3. The topological polar surface area (TPSA) is 102 Å². The third kappa shape index (κ3) is 13.7. The highest BCUT2D eigenvalue weighted by Crippen LogP contribution is 2.37. The lowest BCUT2D eigenvalue weighted by Crippen LogP contribution is -2.16. The van der Waals surface area contributed by atoms with Crippen molar-refractivity contribution < 1.29 is 34.0 Å². The first-order valence-corrected chi connectivity index (χ1v) is 20.8. The second-order valence-corrected chi connectivity index (χ2v) is 15.3. The average Bonchev–Trinajstić information content (AvgIpc) is 3.23. The van der Waals surface area contributed by atoms with Gasteiger partial charge >= 0.3 is 11.9 Å². The zero-order chi connectivity index (χ0) is 41.2. The minimum absolute atomic E-state index is 0.128. The summed E-state index contributed by atoms with van der Waals surface area (Å²) in [6, 6.07) is 20.2. The molecule has 7 nitrogen and oxygen atoms in total. The lowest BCUT2D eigenvalue weighted by molar-refractivity contribution is -0.139. The Labute approximate surface area is 341 Å². The number of aliphatic hydroxyl groups excluding tert-OH is 2. The van der Waals surface area contributed by atoms with Crippen LogP contribution in [0.3, 0.4) is 0 Å². The molecule has 4 rings (SSSR count). The molecule has 1 atom stereocenters. The summed E-state index contributed by atoms with van der Waals surface area (Å²) in [5, 5.41) is 19.3. The van der Waals surface area contributed by atoms with E-state index in [1.807, 2.05) is 0 Å². The molecule has 0 heterocycles. The molecule has 57 heavy (non-hydrogen) atoms. The van der Waals surface area contributed by atoms with Crippen LogP contribution in [0.5, 0.6) is 5.75 Å². The summed E-state index contributed by atoms with van der Waals surface area (Å²) in [6.07, 6.45) is 16.5. The van der Waals surface area contributed by atoms with Crippen molar-refractivity contribution in [1.82, 2.24) is 0 Å². The summed E-state index contributed by atoms with van der Waals surface area (Å²) in [6.45, 7) is 15.6. The van der Waals surface area contributed by atoms with Crippen molar-refractivity contribution >= 4 is 17.5 Å². The number of aryl methyl sites for hydroxylation is 4. The van der Waals surface area contributed by atoms with Gasteiger partial charge in [-0.1, -0.05) is 101 Å². The number of hydrogen-bond acceptors (Lipinski definition) is 7. The number of esters is 2. The van der Waals surface area contributed by atoms with E-state index in [2.05, 4.69) is 99.8 Å². The third-order valence-corrected chi connectivity index (χ3v) is 10.6. The van der Waals surface area contributed by atoms with Crippen molar-refractivity contribution in [3.8, 4) is 16.9 Å². The van der Waals surface area contributed by atoms with Gasteiger partial charge in [0.1, 0.15) is 5.75 Å². The van der Waals surface area contributed by atoms with Gasteiger partial charge in [-0.05, 0) is 134 Å². The monoisotopic (exact) mass is 776 g/mol. The van der Waals surface area contributed by atoms with Gasteiger partial charge in [0, 0.05) is 36.2 Å². The Morgan fingerprint density at radius 1 is 0.754 bits per heavy atom. The number of hydrogen-bond donors (Lipinski definition) is 2. The lowest BCUT2D eigenvalue weighted by atomic mass is 9.85. The van der Waals surface area contributed by atoms with E-state index in [9.17, 15) is 19.8 Å². The Morgan fingerprint density at radius 2 is 1.37 bits per heavy atom. The molecule has 0 amide bonds. The molecule has 0 saturated heterocycles. The maximum Gasteiger partial charge on any atom is 0.333 e. The summed E-state index contributed by atoms with van der Waals surface area (Å²) in [7, 11) is 0. The minimum atomic E-state index is -0.415. The number of ether oxygens (including phenoxy) is 3. The van der Waals surface area contributed by atoms with Crippen LogP contribution in [0.2, 0.25) is 0 Å². The van der Waals surface area contributed by atoms with E-state index >= 15 is 0 Å². The Kier molecular flexibility index (Phi) is 18.5. The zero-order valence-corrected chi connectivity index (χ0v) is 34.7. The van der Waals surface area contributed by atoms with Gasteiger partial charge < -0.3 is 24.4 Å². The number of aliphatic hydroxyl groups is 2. The number of carbonyl (C=O) groups excluding carboxylic acids is 2. The van der Waals surface area contributed by atoms with Gasteiger partial charge in [-0.2, -0.15) is 0 Å². The fourth-order valence-electron chi connectivity index (χ4n) is 7.07. The van der Waals surface area contributed by atoms with Crippen LogP contribution in [0.25, 0.3) is 16.7 Å². The smallest absolute Gasteiger partial charge is 0.333 e. The summed E-state index contributed by atoms with van der Waals surface area (Å²) < 4.78 is 17.3. The normalized spacial score (nSPS) is 13.7. The average molecular weight is 777 g/mol. The van der Waals surface area contributed by atoms with Crippen molar-refractivity contribution in [2.24, 2.45) is 5.92 Å².